The Hall–Kier alpha value is -4.98. The molecule has 6 aromatic rings. The molecule has 0 saturated heterocycles. The minimum Gasteiger partial charge on any atom is -0.337 e. The number of hydrogen-bond acceptors (Lipinski definition) is 4. The van der Waals surface area contributed by atoms with Crippen molar-refractivity contribution in [2.45, 2.75) is 6.54 Å². The van der Waals surface area contributed by atoms with Crippen LogP contribution in [0.2, 0.25) is 0 Å². The molecule has 2 aromatic heterocycles. The molecule has 0 aliphatic rings. The van der Waals surface area contributed by atoms with Crippen molar-refractivity contribution in [2.75, 3.05) is 0 Å². The van der Waals surface area contributed by atoms with E-state index in [1.165, 1.54) is 12.1 Å². The van der Waals surface area contributed by atoms with Gasteiger partial charge in [0.15, 0.2) is 0 Å². The third-order valence-corrected chi connectivity index (χ3v) is 6.41. The summed E-state index contributed by atoms with van der Waals surface area (Å²) >= 11 is 0. The van der Waals surface area contributed by atoms with Crippen LogP contribution in [0.25, 0.3) is 49.8 Å². The van der Waals surface area contributed by atoms with Crippen molar-refractivity contribution in [3.05, 3.63) is 111 Å². The predicted molar refractivity (Wildman–Crippen MR) is 138 cm³/mol. The molecule has 2 heterocycles. The van der Waals surface area contributed by atoms with Crippen LogP contribution in [0.3, 0.4) is 0 Å². The maximum absolute atomic E-state index is 11.3. The lowest BCUT2D eigenvalue weighted by Gasteiger charge is -2.05. The molecule has 0 amide bonds. The van der Waals surface area contributed by atoms with Gasteiger partial charge in [-0.15, -0.1) is 0 Å². The Morgan fingerprint density at radius 2 is 1.11 bits per heavy atom. The number of nitrogens with zero attached hydrogens (tertiary/aromatic N) is 4. The third kappa shape index (κ3) is 3.23. The van der Waals surface area contributed by atoms with Gasteiger partial charge in [-0.2, -0.15) is 0 Å². The van der Waals surface area contributed by atoms with Gasteiger partial charge in [-0.05, 0) is 30.3 Å². The van der Waals surface area contributed by atoms with Crippen molar-refractivity contribution >= 4 is 61.2 Å². The summed E-state index contributed by atoms with van der Waals surface area (Å²) in [5.74, 6) is 0. The molecule has 0 atom stereocenters. The second kappa shape index (κ2) is 7.81. The first-order chi connectivity index (χ1) is 17.0. The first-order valence-corrected chi connectivity index (χ1v) is 11.0. The van der Waals surface area contributed by atoms with Gasteiger partial charge in [0.05, 0.1) is 20.9 Å². The number of benzene rings is 4. The van der Waals surface area contributed by atoms with Crippen LogP contribution in [-0.4, -0.2) is 19.0 Å². The number of nitro benzene ring substituents is 2. The van der Waals surface area contributed by atoms with E-state index in [0.717, 1.165) is 43.6 Å². The summed E-state index contributed by atoms with van der Waals surface area (Å²) in [7, 11) is 0. The van der Waals surface area contributed by atoms with Gasteiger partial charge in [0, 0.05) is 69.6 Å². The van der Waals surface area contributed by atoms with Gasteiger partial charge in [-0.1, -0.05) is 36.4 Å². The number of fused-ring (bicyclic) bond motifs is 6. The molecule has 8 nitrogen and oxygen atoms in total. The van der Waals surface area contributed by atoms with Crippen LogP contribution in [0.15, 0.2) is 91.0 Å². The van der Waals surface area contributed by atoms with Crippen molar-refractivity contribution in [1.82, 2.24) is 9.13 Å². The van der Waals surface area contributed by atoms with Crippen LogP contribution in [0.1, 0.15) is 0 Å². The highest BCUT2D eigenvalue weighted by Crippen LogP contribution is 2.33. The molecule has 0 unspecified atom stereocenters. The van der Waals surface area contributed by atoms with E-state index in [-0.39, 0.29) is 21.2 Å². The van der Waals surface area contributed by atoms with Gasteiger partial charge < -0.3 is 9.13 Å². The Bertz CT molecular complexity index is 1850. The molecule has 0 aliphatic carbocycles. The van der Waals surface area contributed by atoms with Gasteiger partial charge in [0.1, 0.15) is 0 Å². The van der Waals surface area contributed by atoms with Crippen LogP contribution in [0.4, 0.5) is 11.4 Å². The summed E-state index contributed by atoms with van der Waals surface area (Å²) in [6.07, 6.45) is 4.00. The highest BCUT2D eigenvalue weighted by Gasteiger charge is 2.15. The number of para-hydroxylation sites is 2. The lowest BCUT2D eigenvalue weighted by atomic mass is 10.1. The monoisotopic (exact) mass is 462 g/mol. The number of non-ortho nitro benzene ring substituents is 2. The number of hydrogen-bond donors (Lipinski definition) is 0. The normalized spacial score (nSPS) is 11.9. The summed E-state index contributed by atoms with van der Waals surface area (Å²) in [6, 6.07) is 25.5. The quantitative estimate of drug-likeness (QED) is 0.206. The zero-order valence-electron chi connectivity index (χ0n) is 18.4. The summed E-state index contributed by atoms with van der Waals surface area (Å²) in [5.41, 5.74) is 3.87. The topological polar surface area (TPSA) is 96.1 Å². The minimum atomic E-state index is -0.381. The average Bonchev–Trinajstić information content (AvgIpc) is 3.36. The highest BCUT2D eigenvalue weighted by molar-refractivity contribution is 6.10. The van der Waals surface area contributed by atoms with E-state index in [0.29, 0.717) is 6.54 Å². The number of nitro groups is 2. The summed E-state index contributed by atoms with van der Waals surface area (Å²) in [5, 5.41) is 26.2. The fourth-order valence-corrected chi connectivity index (χ4v) is 4.88. The largest absolute Gasteiger partial charge is 0.337 e. The van der Waals surface area contributed by atoms with E-state index >= 15 is 0 Å². The SMILES string of the molecule is O=[N+]([O-])c1ccc2c(c1)c1ccccc1n2C=CCn1c2ccccc2c2cc([N+](=O)[O-])ccc21. The van der Waals surface area contributed by atoms with Crippen LogP contribution >= 0.6 is 0 Å². The van der Waals surface area contributed by atoms with Crippen molar-refractivity contribution < 1.29 is 9.85 Å². The van der Waals surface area contributed by atoms with Crippen molar-refractivity contribution in [1.29, 1.82) is 0 Å². The summed E-state index contributed by atoms with van der Waals surface area (Å²) < 4.78 is 4.16. The number of rotatable bonds is 5. The van der Waals surface area contributed by atoms with Crippen LogP contribution < -0.4 is 0 Å². The van der Waals surface area contributed by atoms with Gasteiger partial charge in [-0.25, -0.2) is 0 Å². The van der Waals surface area contributed by atoms with E-state index in [1.807, 2.05) is 65.4 Å². The van der Waals surface area contributed by atoms with Gasteiger partial charge in [-0.3, -0.25) is 20.2 Å². The minimum absolute atomic E-state index is 0.0590. The molecule has 6 rings (SSSR count). The fourth-order valence-electron chi connectivity index (χ4n) is 4.88. The molecular weight excluding hydrogens is 444 g/mol. The Balaban J connectivity index is 1.47. The van der Waals surface area contributed by atoms with Crippen molar-refractivity contribution in [2.24, 2.45) is 0 Å². The molecule has 8 heteroatoms. The lowest BCUT2D eigenvalue weighted by Crippen LogP contribution is -1.96. The molecule has 0 bridgehead atoms. The maximum Gasteiger partial charge on any atom is 0.270 e. The van der Waals surface area contributed by atoms with Crippen molar-refractivity contribution in [3.8, 4) is 0 Å². The van der Waals surface area contributed by atoms with E-state index < -0.39 is 0 Å². The van der Waals surface area contributed by atoms with E-state index in [4.69, 9.17) is 0 Å². The standard InChI is InChI=1S/C27H18N4O4/c32-30(33)18-10-12-26-22(16-18)20-6-1-3-8-24(20)28(26)14-5-15-29-25-9-4-2-7-21(25)23-17-19(31(34)35)11-13-27(23)29/h1-14,16-17H,15H2. The molecule has 0 aliphatic heterocycles. The smallest absolute Gasteiger partial charge is 0.270 e. The third-order valence-electron chi connectivity index (χ3n) is 6.41. The Morgan fingerprint density at radius 1 is 0.629 bits per heavy atom. The Labute approximate surface area is 198 Å². The summed E-state index contributed by atoms with van der Waals surface area (Å²) in [6.45, 7) is 0.544. The molecule has 0 saturated carbocycles. The molecule has 4 aromatic carbocycles. The molecular formula is C27H18N4O4. The van der Waals surface area contributed by atoms with Crippen LogP contribution in [0.5, 0.6) is 0 Å². The average molecular weight is 462 g/mol. The zero-order chi connectivity index (χ0) is 24.1. The molecule has 0 fully saturated rings. The Kier molecular flexibility index (Phi) is 4.60. The van der Waals surface area contributed by atoms with Gasteiger partial charge >= 0.3 is 0 Å². The van der Waals surface area contributed by atoms with Gasteiger partial charge in [0.25, 0.3) is 11.4 Å². The van der Waals surface area contributed by atoms with Crippen LogP contribution in [0, 0.1) is 20.2 Å². The van der Waals surface area contributed by atoms with E-state index in [2.05, 4.69) is 4.57 Å². The summed E-state index contributed by atoms with van der Waals surface area (Å²) in [4.78, 5) is 21.9. The van der Waals surface area contributed by atoms with E-state index in [1.54, 1.807) is 24.3 Å². The lowest BCUT2D eigenvalue weighted by molar-refractivity contribution is -0.384. The highest BCUT2D eigenvalue weighted by atomic mass is 16.6. The predicted octanol–water partition coefficient (Wildman–Crippen LogP) is 6.89. The molecule has 0 radical (unpaired) electrons. The number of allylic oxidation sites excluding steroid dienone is 1. The second-order valence-corrected chi connectivity index (χ2v) is 8.32. The fraction of sp³-hybridized carbons (Fsp3) is 0.0370. The molecule has 35 heavy (non-hydrogen) atoms. The molecule has 170 valence electrons. The first kappa shape index (κ1) is 20.6. The molecule has 0 spiro atoms. The maximum atomic E-state index is 11.3. The van der Waals surface area contributed by atoms with Crippen molar-refractivity contribution in [3.63, 3.8) is 0 Å². The molecule has 0 N–H and O–H groups in total. The van der Waals surface area contributed by atoms with Gasteiger partial charge in [0.2, 0.25) is 0 Å². The van der Waals surface area contributed by atoms with E-state index in [9.17, 15) is 20.2 Å². The first-order valence-electron chi connectivity index (χ1n) is 11.0. The zero-order valence-corrected chi connectivity index (χ0v) is 18.4. The Morgan fingerprint density at radius 3 is 1.77 bits per heavy atom. The van der Waals surface area contributed by atoms with Crippen LogP contribution in [-0.2, 0) is 6.54 Å². The second-order valence-electron chi connectivity index (χ2n) is 8.32. The number of aromatic nitrogens is 2.